The number of imidazole rings is 1. The average molecular weight is 400 g/mol. The topological polar surface area (TPSA) is 46.9 Å². The first kappa shape index (κ1) is 20.1. The predicted octanol–water partition coefficient (Wildman–Crippen LogP) is 5.58. The third-order valence-corrected chi connectivity index (χ3v) is 5.28. The molecular formula is C18H23Cl2N3OS. The Kier molecular flexibility index (Phi) is 6.83. The number of thioether (sulfide) groups is 1. The van der Waals surface area contributed by atoms with E-state index in [2.05, 4.69) is 35.6 Å². The first-order chi connectivity index (χ1) is 11.7. The van der Waals surface area contributed by atoms with Crippen LogP contribution in [-0.2, 0) is 11.3 Å². The highest BCUT2D eigenvalue weighted by molar-refractivity contribution is 8.00. The maximum absolute atomic E-state index is 12.5. The van der Waals surface area contributed by atoms with Gasteiger partial charge in [-0.1, -0.05) is 48.8 Å². The molecule has 1 aromatic carbocycles. The number of carbonyl (C=O) groups excluding carboxylic acids is 1. The van der Waals surface area contributed by atoms with Gasteiger partial charge in [0.05, 0.1) is 10.9 Å². The number of hydrogen-bond acceptors (Lipinski definition) is 3. The minimum absolute atomic E-state index is 0.113. The van der Waals surface area contributed by atoms with E-state index in [0.29, 0.717) is 21.7 Å². The molecule has 136 valence electrons. The first-order valence-electron chi connectivity index (χ1n) is 8.14. The lowest BCUT2D eigenvalue weighted by atomic mass is 10.2. The molecule has 0 unspecified atom stereocenters. The highest BCUT2D eigenvalue weighted by Gasteiger charge is 2.20. The standard InChI is InChI=1S/C18H23Cl2N3OS/c1-10(2)9-23-12(4)11(3)21-18(23)25-13(5)17(24)22-16-7-14(19)6-15(20)8-16/h6-8,10,13H,9H2,1-5H3,(H,22,24)/t13-/m1/s1. The fourth-order valence-corrected chi connectivity index (χ4v) is 3.91. The molecule has 4 nitrogen and oxygen atoms in total. The zero-order chi connectivity index (χ0) is 18.7. The van der Waals surface area contributed by atoms with Crippen molar-refractivity contribution < 1.29 is 4.79 Å². The molecule has 0 spiro atoms. The van der Waals surface area contributed by atoms with Crippen LogP contribution >= 0.6 is 35.0 Å². The third kappa shape index (κ3) is 5.40. The van der Waals surface area contributed by atoms with Gasteiger partial charge in [-0.25, -0.2) is 4.98 Å². The number of halogens is 2. The Morgan fingerprint density at radius 2 is 1.80 bits per heavy atom. The summed E-state index contributed by atoms with van der Waals surface area (Å²) in [6, 6.07) is 4.98. The van der Waals surface area contributed by atoms with Crippen molar-refractivity contribution in [3.8, 4) is 0 Å². The second kappa shape index (κ2) is 8.47. The van der Waals surface area contributed by atoms with Gasteiger partial charge in [-0.15, -0.1) is 0 Å². The molecule has 1 amide bonds. The van der Waals surface area contributed by atoms with Gasteiger partial charge in [0.25, 0.3) is 0 Å². The Balaban J connectivity index is 2.12. The van der Waals surface area contributed by atoms with Crippen molar-refractivity contribution >= 4 is 46.6 Å². The number of hydrogen-bond donors (Lipinski definition) is 1. The normalized spacial score (nSPS) is 12.5. The van der Waals surface area contributed by atoms with Crippen LogP contribution < -0.4 is 5.32 Å². The fraction of sp³-hybridized carbons (Fsp3) is 0.444. The number of nitrogens with one attached hydrogen (secondary N) is 1. The van der Waals surface area contributed by atoms with E-state index in [0.717, 1.165) is 23.1 Å². The van der Waals surface area contributed by atoms with Crippen molar-refractivity contribution in [3.63, 3.8) is 0 Å². The lowest BCUT2D eigenvalue weighted by Crippen LogP contribution is -2.23. The summed E-state index contributed by atoms with van der Waals surface area (Å²) < 4.78 is 2.19. The summed E-state index contributed by atoms with van der Waals surface area (Å²) in [6.07, 6.45) is 0. The Bertz CT molecular complexity index is 754. The van der Waals surface area contributed by atoms with Gasteiger partial charge in [-0.05, 0) is 44.9 Å². The molecule has 0 saturated carbocycles. The SMILES string of the molecule is Cc1nc(S[C@H](C)C(=O)Nc2cc(Cl)cc(Cl)c2)n(CC(C)C)c1C. The Hall–Kier alpha value is -1.17. The summed E-state index contributed by atoms with van der Waals surface area (Å²) in [5.74, 6) is 0.391. The highest BCUT2D eigenvalue weighted by Crippen LogP contribution is 2.28. The molecule has 0 bridgehead atoms. The van der Waals surface area contributed by atoms with Gasteiger partial charge < -0.3 is 9.88 Å². The number of aryl methyl sites for hydroxylation is 1. The van der Waals surface area contributed by atoms with Crippen LogP contribution in [0.25, 0.3) is 0 Å². The molecular weight excluding hydrogens is 377 g/mol. The largest absolute Gasteiger partial charge is 0.325 e. The maximum atomic E-state index is 12.5. The Morgan fingerprint density at radius 1 is 1.20 bits per heavy atom. The van der Waals surface area contributed by atoms with Crippen LogP contribution in [0.5, 0.6) is 0 Å². The maximum Gasteiger partial charge on any atom is 0.237 e. The summed E-state index contributed by atoms with van der Waals surface area (Å²) in [5, 5.41) is 4.40. The number of benzene rings is 1. The molecule has 0 aliphatic rings. The molecule has 25 heavy (non-hydrogen) atoms. The van der Waals surface area contributed by atoms with Crippen molar-refractivity contribution in [2.24, 2.45) is 5.92 Å². The molecule has 1 heterocycles. The van der Waals surface area contributed by atoms with Crippen LogP contribution in [0.1, 0.15) is 32.2 Å². The molecule has 1 atom stereocenters. The van der Waals surface area contributed by atoms with Crippen LogP contribution in [-0.4, -0.2) is 20.7 Å². The Labute approximate surface area is 163 Å². The molecule has 0 fully saturated rings. The highest BCUT2D eigenvalue weighted by atomic mass is 35.5. The van der Waals surface area contributed by atoms with E-state index in [9.17, 15) is 4.79 Å². The quantitative estimate of drug-likeness (QED) is 0.644. The van der Waals surface area contributed by atoms with Crippen LogP contribution in [0.3, 0.4) is 0 Å². The lowest BCUT2D eigenvalue weighted by molar-refractivity contribution is -0.115. The van der Waals surface area contributed by atoms with Crippen molar-refractivity contribution in [1.29, 1.82) is 0 Å². The number of aromatic nitrogens is 2. The summed E-state index contributed by atoms with van der Waals surface area (Å²) >= 11 is 13.4. The average Bonchev–Trinajstić information content (AvgIpc) is 2.73. The third-order valence-electron chi connectivity index (χ3n) is 3.75. The smallest absolute Gasteiger partial charge is 0.237 e. The van der Waals surface area contributed by atoms with Gasteiger partial charge in [-0.2, -0.15) is 0 Å². The molecule has 0 saturated heterocycles. The van der Waals surface area contributed by atoms with Crippen LogP contribution in [0.2, 0.25) is 10.0 Å². The Morgan fingerprint density at radius 3 is 2.36 bits per heavy atom. The fourth-order valence-electron chi connectivity index (χ4n) is 2.38. The van der Waals surface area contributed by atoms with Crippen molar-refractivity contribution in [3.05, 3.63) is 39.6 Å². The molecule has 1 N–H and O–H groups in total. The number of carbonyl (C=O) groups is 1. The summed E-state index contributed by atoms with van der Waals surface area (Å²) in [7, 11) is 0. The zero-order valence-electron chi connectivity index (χ0n) is 15.1. The first-order valence-corrected chi connectivity index (χ1v) is 9.78. The summed E-state index contributed by atoms with van der Waals surface area (Å²) in [6.45, 7) is 11.1. The van der Waals surface area contributed by atoms with E-state index in [1.165, 1.54) is 11.8 Å². The second-order valence-corrected chi connectivity index (χ2v) is 8.66. The van der Waals surface area contributed by atoms with E-state index in [1.54, 1.807) is 18.2 Å². The second-order valence-electron chi connectivity index (χ2n) is 6.48. The van der Waals surface area contributed by atoms with Gasteiger partial charge in [0, 0.05) is 28.0 Å². The predicted molar refractivity (Wildman–Crippen MR) is 107 cm³/mol. The van der Waals surface area contributed by atoms with Crippen LogP contribution in [0.15, 0.2) is 23.4 Å². The van der Waals surface area contributed by atoms with Gasteiger partial charge in [0.2, 0.25) is 5.91 Å². The molecule has 7 heteroatoms. The summed E-state index contributed by atoms with van der Waals surface area (Å²) in [4.78, 5) is 17.1. The zero-order valence-corrected chi connectivity index (χ0v) is 17.4. The molecule has 2 aromatic rings. The van der Waals surface area contributed by atoms with E-state index in [4.69, 9.17) is 23.2 Å². The number of nitrogens with zero attached hydrogens (tertiary/aromatic N) is 2. The van der Waals surface area contributed by atoms with Gasteiger partial charge in [-0.3, -0.25) is 4.79 Å². The molecule has 0 radical (unpaired) electrons. The van der Waals surface area contributed by atoms with Crippen molar-refractivity contribution in [2.75, 3.05) is 5.32 Å². The number of amides is 1. The molecule has 0 aliphatic carbocycles. The number of anilines is 1. The molecule has 0 aliphatic heterocycles. The summed E-state index contributed by atoms with van der Waals surface area (Å²) in [5.41, 5.74) is 2.73. The lowest BCUT2D eigenvalue weighted by Gasteiger charge is -2.15. The van der Waals surface area contributed by atoms with E-state index in [-0.39, 0.29) is 11.2 Å². The minimum Gasteiger partial charge on any atom is -0.325 e. The van der Waals surface area contributed by atoms with E-state index in [1.807, 2.05) is 13.8 Å². The van der Waals surface area contributed by atoms with E-state index < -0.39 is 0 Å². The van der Waals surface area contributed by atoms with E-state index >= 15 is 0 Å². The number of rotatable bonds is 6. The van der Waals surface area contributed by atoms with Crippen molar-refractivity contribution in [2.45, 2.75) is 51.6 Å². The van der Waals surface area contributed by atoms with Gasteiger partial charge >= 0.3 is 0 Å². The van der Waals surface area contributed by atoms with Gasteiger partial charge in [0.1, 0.15) is 0 Å². The molecule has 1 aromatic heterocycles. The van der Waals surface area contributed by atoms with Crippen LogP contribution in [0.4, 0.5) is 5.69 Å². The van der Waals surface area contributed by atoms with Crippen LogP contribution in [0, 0.1) is 19.8 Å². The molecule has 2 rings (SSSR count). The minimum atomic E-state index is -0.301. The van der Waals surface area contributed by atoms with Gasteiger partial charge in [0.15, 0.2) is 5.16 Å². The van der Waals surface area contributed by atoms with Crippen molar-refractivity contribution in [1.82, 2.24) is 9.55 Å². The monoisotopic (exact) mass is 399 g/mol.